The highest BCUT2D eigenvalue weighted by molar-refractivity contribution is 6.37. The summed E-state index contributed by atoms with van der Waals surface area (Å²) in [6, 6.07) is 5.37. The van der Waals surface area contributed by atoms with Crippen molar-refractivity contribution in [3.05, 3.63) is 29.4 Å². The number of hydrogen-bond donors (Lipinski definition) is 0. The van der Waals surface area contributed by atoms with Crippen LogP contribution >= 0.6 is 11.6 Å². The lowest BCUT2D eigenvalue weighted by atomic mass is 10.2. The Balaban J connectivity index is 2.37. The predicted molar refractivity (Wildman–Crippen MR) is 79.7 cm³/mol. The molecule has 0 atom stereocenters. The van der Waals surface area contributed by atoms with Crippen LogP contribution in [0.25, 0.3) is 10.9 Å². The molecule has 0 N–H and O–H groups in total. The molecule has 0 aliphatic heterocycles. The van der Waals surface area contributed by atoms with Gasteiger partial charge in [0.1, 0.15) is 5.75 Å². The van der Waals surface area contributed by atoms with Crippen molar-refractivity contribution in [3.8, 4) is 5.75 Å². The van der Waals surface area contributed by atoms with Gasteiger partial charge in [0.05, 0.1) is 23.3 Å². The first kappa shape index (κ1) is 14.7. The van der Waals surface area contributed by atoms with Crippen LogP contribution in [0.1, 0.15) is 27.2 Å². The Morgan fingerprint density at radius 3 is 2.75 bits per heavy atom. The number of nitrogens with zero attached hydrogens (tertiary/aromatic N) is 1. The van der Waals surface area contributed by atoms with Crippen molar-refractivity contribution in [2.75, 3.05) is 6.61 Å². The van der Waals surface area contributed by atoms with Gasteiger partial charge in [-0.25, -0.2) is 4.79 Å². The summed E-state index contributed by atoms with van der Waals surface area (Å²) in [6.45, 7) is 6.23. The van der Waals surface area contributed by atoms with Crippen molar-refractivity contribution in [1.82, 2.24) is 4.57 Å². The third-order valence-electron chi connectivity index (χ3n) is 2.76. The lowest BCUT2D eigenvalue weighted by molar-refractivity contribution is 0.149. The van der Waals surface area contributed by atoms with E-state index in [2.05, 4.69) is 0 Å². The maximum absolute atomic E-state index is 11.9. The van der Waals surface area contributed by atoms with Crippen molar-refractivity contribution < 1.29 is 14.3 Å². The molecule has 0 saturated carbocycles. The van der Waals surface area contributed by atoms with Gasteiger partial charge in [0, 0.05) is 11.6 Å². The van der Waals surface area contributed by atoms with Crippen molar-refractivity contribution in [2.45, 2.75) is 33.3 Å². The summed E-state index contributed by atoms with van der Waals surface area (Å²) < 4.78 is 12.2. The van der Waals surface area contributed by atoms with Gasteiger partial charge in [0.2, 0.25) is 0 Å². The molecular weight excluding hydrogens is 278 g/mol. The molecule has 0 unspecified atom stereocenters. The van der Waals surface area contributed by atoms with Gasteiger partial charge >= 0.3 is 6.09 Å². The smallest absolute Gasteiger partial charge is 0.418 e. The minimum Gasteiger partial charge on any atom is -0.489 e. The van der Waals surface area contributed by atoms with E-state index < -0.39 is 6.09 Å². The second kappa shape index (κ2) is 6.18. The quantitative estimate of drug-likeness (QED) is 0.835. The van der Waals surface area contributed by atoms with Gasteiger partial charge in [-0.15, -0.1) is 0 Å². The van der Waals surface area contributed by atoms with Crippen LogP contribution in [0, 0.1) is 0 Å². The molecule has 108 valence electrons. The lowest BCUT2D eigenvalue weighted by Gasteiger charge is -2.12. The number of benzene rings is 1. The monoisotopic (exact) mass is 295 g/mol. The van der Waals surface area contributed by atoms with Gasteiger partial charge in [-0.1, -0.05) is 18.5 Å². The van der Waals surface area contributed by atoms with Crippen LogP contribution in [0.3, 0.4) is 0 Å². The molecule has 1 aromatic heterocycles. The maximum atomic E-state index is 11.9. The Morgan fingerprint density at radius 1 is 1.35 bits per heavy atom. The molecule has 1 aromatic carbocycles. The minimum atomic E-state index is -0.393. The zero-order valence-electron chi connectivity index (χ0n) is 11.9. The molecule has 0 fully saturated rings. The zero-order valence-corrected chi connectivity index (χ0v) is 12.6. The molecule has 0 aliphatic rings. The molecule has 1 heterocycles. The molecule has 4 nitrogen and oxygen atoms in total. The number of carbonyl (C=O) groups excluding carboxylic acids is 1. The fourth-order valence-electron chi connectivity index (χ4n) is 1.92. The molecular formula is C15H18ClNO3. The summed E-state index contributed by atoms with van der Waals surface area (Å²) in [7, 11) is 0. The second-order valence-electron chi connectivity index (χ2n) is 4.78. The molecule has 0 bridgehead atoms. The summed E-state index contributed by atoms with van der Waals surface area (Å²) in [5.74, 6) is 0.619. The van der Waals surface area contributed by atoms with E-state index in [0.717, 1.165) is 11.8 Å². The lowest BCUT2D eigenvalue weighted by Crippen LogP contribution is -2.13. The van der Waals surface area contributed by atoms with Crippen molar-refractivity contribution in [1.29, 1.82) is 0 Å². The first-order valence-corrected chi connectivity index (χ1v) is 7.05. The molecule has 0 aliphatic carbocycles. The van der Waals surface area contributed by atoms with Crippen LogP contribution in [0.2, 0.25) is 5.02 Å². The number of fused-ring (bicyclic) bond motifs is 1. The SMILES string of the molecule is CCCOC(=O)n1ccc2c(Cl)c(OC(C)C)ccc21. The number of carbonyl (C=O) groups is 1. The Hall–Kier alpha value is -1.68. The van der Waals surface area contributed by atoms with E-state index in [-0.39, 0.29) is 6.10 Å². The van der Waals surface area contributed by atoms with Gasteiger partial charge in [-0.2, -0.15) is 0 Å². The molecule has 5 heteroatoms. The van der Waals surface area contributed by atoms with Crippen molar-refractivity contribution in [3.63, 3.8) is 0 Å². The second-order valence-corrected chi connectivity index (χ2v) is 5.16. The molecule has 0 radical (unpaired) electrons. The fourth-order valence-corrected chi connectivity index (χ4v) is 2.19. The molecule has 2 rings (SSSR count). The number of hydrogen-bond acceptors (Lipinski definition) is 3. The van der Waals surface area contributed by atoms with Crippen LogP contribution < -0.4 is 4.74 Å². The van der Waals surface area contributed by atoms with Gasteiger partial charge in [-0.05, 0) is 38.5 Å². The summed E-state index contributed by atoms with van der Waals surface area (Å²) in [6.07, 6.45) is 2.10. The topological polar surface area (TPSA) is 40.5 Å². The highest BCUT2D eigenvalue weighted by Gasteiger charge is 2.15. The van der Waals surface area contributed by atoms with E-state index >= 15 is 0 Å². The summed E-state index contributed by atoms with van der Waals surface area (Å²) in [5.41, 5.74) is 0.715. The number of aromatic nitrogens is 1. The Labute approximate surface area is 123 Å². The predicted octanol–water partition coefficient (Wildman–Crippen LogP) is 4.48. The van der Waals surface area contributed by atoms with Gasteiger partial charge < -0.3 is 9.47 Å². The van der Waals surface area contributed by atoms with Gasteiger partial charge in [-0.3, -0.25) is 4.57 Å². The van der Waals surface area contributed by atoms with Crippen LogP contribution in [0.15, 0.2) is 24.4 Å². The standard InChI is InChI=1S/C15H18ClNO3/c1-4-9-19-15(18)17-8-7-11-12(17)5-6-13(14(11)16)20-10(2)3/h5-8,10H,4,9H2,1-3H3. The van der Waals surface area contributed by atoms with Crippen LogP contribution in [0.5, 0.6) is 5.75 Å². The van der Waals surface area contributed by atoms with Crippen molar-refractivity contribution in [2.24, 2.45) is 0 Å². The third kappa shape index (κ3) is 2.90. The third-order valence-corrected chi connectivity index (χ3v) is 3.15. The highest BCUT2D eigenvalue weighted by atomic mass is 35.5. The molecule has 0 saturated heterocycles. The first-order valence-electron chi connectivity index (χ1n) is 6.68. The Kier molecular flexibility index (Phi) is 4.55. The van der Waals surface area contributed by atoms with E-state index in [0.29, 0.717) is 22.9 Å². The van der Waals surface area contributed by atoms with E-state index in [1.807, 2.05) is 26.8 Å². The average molecular weight is 296 g/mol. The average Bonchev–Trinajstić information content (AvgIpc) is 2.83. The normalized spacial score (nSPS) is 11.1. The fraction of sp³-hybridized carbons (Fsp3) is 0.400. The molecule has 0 amide bonds. The summed E-state index contributed by atoms with van der Waals surface area (Å²) >= 11 is 6.32. The van der Waals surface area contributed by atoms with Gasteiger partial charge in [0.15, 0.2) is 0 Å². The largest absolute Gasteiger partial charge is 0.489 e. The summed E-state index contributed by atoms with van der Waals surface area (Å²) in [4.78, 5) is 11.9. The number of halogens is 1. The highest BCUT2D eigenvalue weighted by Crippen LogP contribution is 2.34. The first-order chi connectivity index (χ1) is 9.54. The van der Waals surface area contributed by atoms with E-state index in [4.69, 9.17) is 21.1 Å². The molecule has 0 spiro atoms. The summed E-state index contributed by atoms with van der Waals surface area (Å²) in [5, 5.41) is 1.29. The van der Waals surface area contributed by atoms with Gasteiger partial charge in [0.25, 0.3) is 0 Å². The van der Waals surface area contributed by atoms with Crippen LogP contribution in [-0.2, 0) is 4.74 Å². The zero-order chi connectivity index (χ0) is 14.7. The number of rotatable bonds is 4. The minimum absolute atomic E-state index is 0.0431. The van der Waals surface area contributed by atoms with E-state index in [1.165, 1.54) is 4.57 Å². The number of ether oxygens (including phenoxy) is 2. The van der Waals surface area contributed by atoms with Crippen molar-refractivity contribution >= 4 is 28.6 Å². The van der Waals surface area contributed by atoms with Crippen LogP contribution in [-0.4, -0.2) is 23.4 Å². The van der Waals surface area contributed by atoms with E-state index in [9.17, 15) is 4.79 Å². The maximum Gasteiger partial charge on any atom is 0.418 e. The Bertz CT molecular complexity index is 619. The Morgan fingerprint density at radius 2 is 2.10 bits per heavy atom. The van der Waals surface area contributed by atoms with Crippen LogP contribution in [0.4, 0.5) is 4.79 Å². The molecule has 2 aromatic rings. The van der Waals surface area contributed by atoms with E-state index in [1.54, 1.807) is 18.3 Å². The molecule has 20 heavy (non-hydrogen) atoms.